The van der Waals surface area contributed by atoms with Gasteiger partial charge in [0.05, 0.1) is 0 Å². The van der Waals surface area contributed by atoms with E-state index < -0.39 is 11.7 Å². The number of rotatable bonds is 6. The van der Waals surface area contributed by atoms with Gasteiger partial charge in [-0.3, -0.25) is 4.79 Å². The van der Waals surface area contributed by atoms with Crippen molar-refractivity contribution in [3.05, 3.63) is 108 Å². The maximum absolute atomic E-state index is 12.2. The minimum Gasteiger partial charge on any atom is -0.454 e. The predicted octanol–water partition coefficient (Wildman–Crippen LogP) is 4.62. The molecule has 132 valence electrons. The molecule has 0 aliphatic rings. The minimum absolute atomic E-state index is 0.239. The molecule has 0 amide bonds. The topological polar surface area (TPSA) is 46.5 Å². The molecule has 0 heterocycles. The van der Waals surface area contributed by atoms with E-state index in [1.807, 2.05) is 91.0 Å². The number of carbonyl (C=O) groups excluding carboxylic acids is 1. The third-order valence-electron chi connectivity index (χ3n) is 4.45. The molecule has 1 atom stereocenters. The summed E-state index contributed by atoms with van der Waals surface area (Å²) in [6.45, 7) is 1.74. The highest BCUT2D eigenvalue weighted by molar-refractivity contribution is 5.69. The van der Waals surface area contributed by atoms with E-state index in [0.717, 1.165) is 5.56 Å². The second-order valence-electron chi connectivity index (χ2n) is 6.13. The highest BCUT2D eigenvalue weighted by atomic mass is 16.6. The van der Waals surface area contributed by atoms with E-state index in [-0.39, 0.29) is 12.4 Å². The molecule has 3 aromatic carbocycles. The lowest BCUT2D eigenvalue weighted by Gasteiger charge is -2.37. The zero-order valence-corrected chi connectivity index (χ0v) is 14.7. The van der Waals surface area contributed by atoms with Crippen LogP contribution in [-0.2, 0) is 15.1 Å². The van der Waals surface area contributed by atoms with Crippen LogP contribution in [0.3, 0.4) is 0 Å². The van der Waals surface area contributed by atoms with Crippen LogP contribution in [0.5, 0.6) is 0 Å². The lowest BCUT2D eigenvalue weighted by Crippen LogP contribution is -2.37. The molecule has 0 aliphatic carbocycles. The molecule has 3 nitrogen and oxygen atoms in total. The molecule has 3 aromatic rings. The van der Waals surface area contributed by atoms with Crippen molar-refractivity contribution in [2.45, 2.75) is 25.0 Å². The number of esters is 1. The van der Waals surface area contributed by atoms with Gasteiger partial charge in [0.15, 0.2) is 11.7 Å². The second-order valence-corrected chi connectivity index (χ2v) is 6.13. The van der Waals surface area contributed by atoms with Crippen LogP contribution in [0.1, 0.15) is 36.1 Å². The highest BCUT2D eigenvalue weighted by Gasteiger charge is 2.43. The number of benzene rings is 3. The molecule has 1 N–H and O–H groups in total. The molecule has 0 aliphatic heterocycles. The van der Waals surface area contributed by atoms with Crippen LogP contribution in [0.2, 0.25) is 0 Å². The van der Waals surface area contributed by atoms with E-state index in [9.17, 15) is 9.90 Å². The van der Waals surface area contributed by atoms with E-state index in [0.29, 0.717) is 11.1 Å². The molecule has 0 radical (unpaired) electrons. The molecular formula is C23H22O3. The highest BCUT2D eigenvalue weighted by Crippen LogP contribution is 2.43. The first-order chi connectivity index (χ1) is 12.7. The number of ether oxygens (including phenoxy) is 1. The molecule has 0 bridgehead atoms. The lowest BCUT2D eigenvalue weighted by atomic mass is 9.79. The quantitative estimate of drug-likeness (QED) is 0.663. The maximum Gasteiger partial charge on any atom is 0.306 e. The van der Waals surface area contributed by atoms with Gasteiger partial charge in [-0.1, -0.05) is 97.9 Å². The van der Waals surface area contributed by atoms with E-state index in [2.05, 4.69) is 0 Å². The summed E-state index contributed by atoms with van der Waals surface area (Å²) in [6, 6.07) is 28.0. The first-order valence-electron chi connectivity index (χ1n) is 8.74. The molecule has 3 rings (SSSR count). The van der Waals surface area contributed by atoms with Crippen molar-refractivity contribution in [3.63, 3.8) is 0 Å². The van der Waals surface area contributed by atoms with Gasteiger partial charge in [0, 0.05) is 6.42 Å². The fraction of sp³-hybridized carbons (Fsp3) is 0.174. The largest absolute Gasteiger partial charge is 0.454 e. The number of hydrogen-bond acceptors (Lipinski definition) is 3. The predicted molar refractivity (Wildman–Crippen MR) is 101 cm³/mol. The van der Waals surface area contributed by atoms with Crippen LogP contribution in [0.4, 0.5) is 0 Å². The van der Waals surface area contributed by atoms with Gasteiger partial charge in [-0.2, -0.15) is 0 Å². The van der Waals surface area contributed by atoms with Gasteiger partial charge in [-0.05, 0) is 16.7 Å². The molecule has 3 heteroatoms. The van der Waals surface area contributed by atoms with Crippen molar-refractivity contribution in [1.29, 1.82) is 0 Å². The van der Waals surface area contributed by atoms with Gasteiger partial charge < -0.3 is 9.84 Å². The van der Waals surface area contributed by atoms with Gasteiger partial charge in [0.2, 0.25) is 0 Å². The van der Waals surface area contributed by atoms with E-state index in [4.69, 9.17) is 4.74 Å². The molecule has 0 saturated carbocycles. The Balaban J connectivity index is 2.21. The van der Waals surface area contributed by atoms with E-state index >= 15 is 0 Å². The summed E-state index contributed by atoms with van der Waals surface area (Å²) >= 11 is 0. The molecule has 0 fully saturated rings. The first kappa shape index (κ1) is 17.9. The monoisotopic (exact) mass is 346 g/mol. The van der Waals surface area contributed by atoms with Crippen LogP contribution in [0.25, 0.3) is 0 Å². The van der Waals surface area contributed by atoms with Gasteiger partial charge in [-0.15, -0.1) is 0 Å². The minimum atomic E-state index is -1.51. The Morgan fingerprint density at radius 1 is 0.846 bits per heavy atom. The number of carbonyl (C=O) groups is 1. The van der Waals surface area contributed by atoms with Crippen molar-refractivity contribution in [1.82, 2.24) is 0 Å². The van der Waals surface area contributed by atoms with Gasteiger partial charge >= 0.3 is 5.97 Å². The van der Waals surface area contributed by atoms with Gasteiger partial charge in [0.25, 0.3) is 0 Å². The number of aliphatic hydroxyl groups is 1. The molecule has 0 spiro atoms. The van der Waals surface area contributed by atoms with Crippen molar-refractivity contribution >= 4 is 5.97 Å². The smallest absolute Gasteiger partial charge is 0.306 e. The van der Waals surface area contributed by atoms with Gasteiger partial charge in [-0.25, -0.2) is 0 Å². The van der Waals surface area contributed by atoms with Crippen LogP contribution < -0.4 is 0 Å². The van der Waals surface area contributed by atoms with Crippen LogP contribution in [-0.4, -0.2) is 11.1 Å². The summed E-state index contributed by atoms with van der Waals surface area (Å²) in [5, 5.41) is 11.9. The zero-order valence-electron chi connectivity index (χ0n) is 14.7. The van der Waals surface area contributed by atoms with Crippen LogP contribution in [0.15, 0.2) is 91.0 Å². The Morgan fingerprint density at radius 3 is 1.69 bits per heavy atom. The normalized spacial score (nSPS) is 12.4. The SMILES string of the molecule is CCC(=O)O[C@H](c1ccccc1)C(O)(c1ccccc1)c1ccccc1. The van der Waals surface area contributed by atoms with Crippen LogP contribution in [0, 0.1) is 0 Å². The lowest BCUT2D eigenvalue weighted by molar-refractivity contribution is -0.163. The summed E-state index contributed by atoms with van der Waals surface area (Å²) < 4.78 is 5.77. The second kappa shape index (κ2) is 7.98. The average Bonchev–Trinajstić information content (AvgIpc) is 2.73. The van der Waals surface area contributed by atoms with Crippen molar-refractivity contribution in [2.24, 2.45) is 0 Å². The standard InChI is InChI=1S/C23H22O3/c1-2-21(24)26-22(18-12-6-3-7-13-18)23(25,19-14-8-4-9-15-19)20-16-10-5-11-17-20/h3-17,22,25H,2H2,1H3/t22-/m1/s1. The number of hydrogen-bond donors (Lipinski definition) is 1. The van der Waals surface area contributed by atoms with Crippen LogP contribution >= 0.6 is 0 Å². The summed E-state index contributed by atoms with van der Waals surface area (Å²) in [7, 11) is 0. The maximum atomic E-state index is 12.2. The Hall–Kier alpha value is -2.91. The van der Waals surface area contributed by atoms with Crippen molar-refractivity contribution in [3.8, 4) is 0 Å². The van der Waals surface area contributed by atoms with E-state index in [1.54, 1.807) is 6.92 Å². The Morgan fingerprint density at radius 2 is 1.27 bits per heavy atom. The molecule has 0 unspecified atom stereocenters. The third-order valence-corrected chi connectivity index (χ3v) is 4.45. The van der Waals surface area contributed by atoms with E-state index in [1.165, 1.54) is 0 Å². The Labute approximate surface area is 153 Å². The van der Waals surface area contributed by atoms with Crippen molar-refractivity contribution in [2.75, 3.05) is 0 Å². The third kappa shape index (κ3) is 3.53. The molecule has 0 saturated heterocycles. The molecule has 0 aromatic heterocycles. The molecule has 26 heavy (non-hydrogen) atoms. The first-order valence-corrected chi connectivity index (χ1v) is 8.74. The fourth-order valence-corrected chi connectivity index (χ4v) is 3.09. The van der Waals surface area contributed by atoms with Gasteiger partial charge in [0.1, 0.15) is 0 Å². The fourth-order valence-electron chi connectivity index (χ4n) is 3.09. The average molecular weight is 346 g/mol. The Kier molecular flexibility index (Phi) is 5.49. The van der Waals surface area contributed by atoms with Crippen molar-refractivity contribution < 1.29 is 14.6 Å². The Bertz CT molecular complexity index is 790. The molecular weight excluding hydrogens is 324 g/mol. The zero-order chi connectivity index (χ0) is 18.4. The summed E-state index contributed by atoms with van der Waals surface area (Å²) in [4.78, 5) is 12.2. The summed E-state index contributed by atoms with van der Waals surface area (Å²) in [5.41, 5.74) is 0.576. The summed E-state index contributed by atoms with van der Waals surface area (Å²) in [6.07, 6.45) is -0.621. The summed E-state index contributed by atoms with van der Waals surface area (Å²) in [5.74, 6) is -0.357.